The number of aryl methyl sites for hydroxylation is 3. The Balaban J connectivity index is 2.68. The first-order chi connectivity index (χ1) is 9.86. The molecule has 0 aliphatic carbocycles. The maximum atomic E-state index is 11.8. The van der Waals surface area contributed by atoms with E-state index in [9.17, 15) is 9.59 Å². The lowest BCUT2D eigenvalue weighted by Gasteiger charge is -2.18. The van der Waals surface area contributed by atoms with Crippen LogP contribution in [-0.4, -0.2) is 32.1 Å². The Kier molecular flexibility index (Phi) is 6.37. The van der Waals surface area contributed by atoms with Crippen molar-refractivity contribution in [3.8, 4) is 0 Å². The number of benzene rings is 1. The normalized spacial score (nSPS) is 11.9. The van der Waals surface area contributed by atoms with E-state index >= 15 is 0 Å². The molecule has 5 nitrogen and oxygen atoms in total. The highest BCUT2D eigenvalue weighted by Crippen LogP contribution is 2.21. The van der Waals surface area contributed by atoms with Crippen molar-refractivity contribution in [2.45, 2.75) is 33.7 Å². The van der Waals surface area contributed by atoms with Gasteiger partial charge in [-0.15, -0.1) is 0 Å². The van der Waals surface area contributed by atoms with Gasteiger partial charge in [0.2, 0.25) is 0 Å². The van der Waals surface area contributed by atoms with E-state index in [0.29, 0.717) is 13.2 Å². The maximum absolute atomic E-state index is 11.8. The molecule has 2 N–H and O–H groups in total. The molecule has 5 heteroatoms. The number of hydrogen-bond acceptors (Lipinski definition) is 3. The molecular weight excluding hydrogens is 268 g/mol. The molecule has 0 aromatic heterocycles. The van der Waals surface area contributed by atoms with Gasteiger partial charge in [-0.25, -0.2) is 0 Å². The molecule has 0 saturated heterocycles. The third-order valence-electron chi connectivity index (χ3n) is 3.49. The van der Waals surface area contributed by atoms with Crippen LogP contribution in [-0.2, 0) is 14.3 Å². The van der Waals surface area contributed by atoms with Crippen LogP contribution in [0.4, 0.5) is 0 Å². The Labute approximate surface area is 126 Å². The highest BCUT2D eigenvalue weighted by Gasteiger charge is 2.18. The minimum Gasteiger partial charge on any atom is -0.383 e. The zero-order valence-electron chi connectivity index (χ0n) is 13.4. The summed E-state index contributed by atoms with van der Waals surface area (Å²) < 4.78 is 4.82. The Hall–Kier alpha value is -1.88. The maximum Gasteiger partial charge on any atom is 0.309 e. The predicted octanol–water partition coefficient (Wildman–Crippen LogP) is 1.55. The zero-order valence-corrected chi connectivity index (χ0v) is 13.4. The van der Waals surface area contributed by atoms with Gasteiger partial charge in [-0.3, -0.25) is 9.59 Å². The average molecular weight is 292 g/mol. The molecular formula is C16H24N2O3. The van der Waals surface area contributed by atoms with E-state index in [1.54, 1.807) is 0 Å². The van der Waals surface area contributed by atoms with Gasteiger partial charge in [-0.1, -0.05) is 12.1 Å². The summed E-state index contributed by atoms with van der Waals surface area (Å²) in [6, 6.07) is 3.93. The van der Waals surface area contributed by atoms with E-state index in [0.717, 1.165) is 11.1 Å². The predicted molar refractivity (Wildman–Crippen MR) is 82.1 cm³/mol. The number of carbonyl (C=O) groups is 2. The Morgan fingerprint density at radius 3 is 2.33 bits per heavy atom. The van der Waals surface area contributed by atoms with Gasteiger partial charge in [0.15, 0.2) is 0 Å². The van der Waals surface area contributed by atoms with Crippen LogP contribution < -0.4 is 10.6 Å². The third-order valence-corrected chi connectivity index (χ3v) is 3.49. The van der Waals surface area contributed by atoms with Crippen molar-refractivity contribution < 1.29 is 14.3 Å². The largest absolute Gasteiger partial charge is 0.383 e. The minimum absolute atomic E-state index is 0.218. The number of methoxy groups -OCH3 is 1. The van der Waals surface area contributed by atoms with Gasteiger partial charge in [0.25, 0.3) is 0 Å². The van der Waals surface area contributed by atoms with Crippen molar-refractivity contribution in [2.75, 3.05) is 20.3 Å². The van der Waals surface area contributed by atoms with Gasteiger partial charge in [0.05, 0.1) is 12.6 Å². The Morgan fingerprint density at radius 1 is 1.10 bits per heavy atom. The van der Waals surface area contributed by atoms with Gasteiger partial charge >= 0.3 is 11.8 Å². The molecule has 2 amide bonds. The number of ether oxygens (including phenoxy) is 1. The van der Waals surface area contributed by atoms with Gasteiger partial charge in [0, 0.05) is 13.7 Å². The molecule has 0 fully saturated rings. The van der Waals surface area contributed by atoms with Crippen molar-refractivity contribution in [3.05, 3.63) is 34.4 Å². The number of rotatable bonds is 5. The molecule has 0 unspecified atom stereocenters. The van der Waals surface area contributed by atoms with Gasteiger partial charge < -0.3 is 15.4 Å². The fourth-order valence-corrected chi connectivity index (χ4v) is 2.14. The van der Waals surface area contributed by atoms with Crippen molar-refractivity contribution in [1.29, 1.82) is 0 Å². The standard InChI is InChI=1S/C16H24N2O3/c1-10-8-12(3)14(9-11(10)2)13(4)18-16(20)15(19)17-6-7-21-5/h8-9,13H,6-7H2,1-5H3,(H,17,19)(H,18,20)/t13-/m0/s1. The van der Waals surface area contributed by atoms with Gasteiger partial charge in [0.1, 0.15) is 0 Å². The van der Waals surface area contributed by atoms with Crippen LogP contribution in [0, 0.1) is 20.8 Å². The highest BCUT2D eigenvalue weighted by molar-refractivity contribution is 6.35. The van der Waals surface area contributed by atoms with E-state index in [4.69, 9.17) is 4.74 Å². The fraction of sp³-hybridized carbons (Fsp3) is 0.500. The van der Waals surface area contributed by atoms with Crippen LogP contribution in [0.25, 0.3) is 0 Å². The van der Waals surface area contributed by atoms with E-state index < -0.39 is 11.8 Å². The second kappa shape index (κ2) is 7.78. The molecule has 1 rings (SSSR count). The first-order valence-electron chi connectivity index (χ1n) is 7.02. The molecule has 0 aliphatic rings. The SMILES string of the molecule is COCCNC(=O)C(=O)N[C@@H](C)c1cc(C)c(C)cc1C. The second-order valence-electron chi connectivity index (χ2n) is 5.24. The Morgan fingerprint density at radius 2 is 1.71 bits per heavy atom. The third kappa shape index (κ3) is 4.86. The molecule has 0 heterocycles. The monoisotopic (exact) mass is 292 g/mol. The summed E-state index contributed by atoms with van der Waals surface area (Å²) in [5, 5.41) is 5.22. The average Bonchev–Trinajstić information content (AvgIpc) is 2.42. The van der Waals surface area contributed by atoms with Crippen LogP contribution in [0.1, 0.15) is 35.2 Å². The van der Waals surface area contributed by atoms with Gasteiger partial charge in [-0.05, 0) is 49.9 Å². The lowest BCUT2D eigenvalue weighted by Crippen LogP contribution is -2.42. The van der Waals surface area contributed by atoms with Crippen molar-refractivity contribution in [2.24, 2.45) is 0 Å². The first-order valence-corrected chi connectivity index (χ1v) is 7.02. The zero-order chi connectivity index (χ0) is 16.0. The summed E-state index contributed by atoms with van der Waals surface area (Å²) in [7, 11) is 1.54. The van der Waals surface area contributed by atoms with Crippen molar-refractivity contribution >= 4 is 11.8 Å². The molecule has 116 valence electrons. The molecule has 1 atom stereocenters. The van der Waals surface area contributed by atoms with Crippen LogP contribution in [0.2, 0.25) is 0 Å². The molecule has 0 bridgehead atoms. The molecule has 0 radical (unpaired) electrons. The molecule has 0 saturated carbocycles. The number of carbonyl (C=O) groups excluding carboxylic acids is 2. The van der Waals surface area contributed by atoms with Crippen LogP contribution >= 0.6 is 0 Å². The number of nitrogens with one attached hydrogen (secondary N) is 2. The fourth-order valence-electron chi connectivity index (χ4n) is 2.14. The summed E-state index contributed by atoms with van der Waals surface area (Å²) in [5.74, 6) is -1.27. The molecule has 1 aromatic carbocycles. The topological polar surface area (TPSA) is 67.4 Å². The minimum atomic E-state index is -0.639. The quantitative estimate of drug-likeness (QED) is 0.639. The number of amides is 2. The van der Waals surface area contributed by atoms with Crippen molar-refractivity contribution in [1.82, 2.24) is 10.6 Å². The molecule has 1 aromatic rings. The number of hydrogen-bond donors (Lipinski definition) is 2. The highest BCUT2D eigenvalue weighted by atomic mass is 16.5. The summed E-state index contributed by atoms with van der Waals surface area (Å²) in [6.07, 6.45) is 0. The molecule has 21 heavy (non-hydrogen) atoms. The molecule has 0 aliphatic heterocycles. The summed E-state index contributed by atoms with van der Waals surface area (Å²) >= 11 is 0. The van der Waals surface area contributed by atoms with E-state index in [2.05, 4.69) is 29.7 Å². The van der Waals surface area contributed by atoms with Gasteiger partial charge in [-0.2, -0.15) is 0 Å². The van der Waals surface area contributed by atoms with Crippen LogP contribution in [0.5, 0.6) is 0 Å². The lowest BCUT2D eigenvalue weighted by atomic mass is 9.96. The first kappa shape index (κ1) is 17.2. The van der Waals surface area contributed by atoms with Crippen LogP contribution in [0.15, 0.2) is 12.1 Å². The summed E-state index contributed by atoms with van der Waals surface area (Å²) in [6.45, 7) is 8.66. The molecule has 0 spiro atoms. The van der Waals surface area contributed by atoms with Crippen LogP contribution in [0.3, 0.4) is 0 Å². The van der Waals surface area contributed by atoms with E-state index in [1.807, 2.05) is 20.8 Å². The lowest BCUT2D eigenvalue weighted by molar-refractivity contribution is -0.139. The summed E-state index contributed by atoms with van der Waals surface area (Å²) in [5.41, 5.74) is 4.51. The smallest absolute Gasteiger partial charge is 0.309 e. The van der Waals surface area contributed by atoms with Crippen molar-refractivity contribution in [3.63, 3.8) is 0 Å². The van der Waals surface area contributed by atoms with E-state index in [-0.39, 0.29) is 6.04 Å². The second-order valence-corrected chi connectivity index (χ2v) is 5.24. The van der Waals surface area contributed by atoms with E-state index in [1.165, 1.54) is 18.2 Å². The summed E-state index contributed by atoms with van der Waals surface area (Å²) in [4.78, 5) is 23.4. The Bertz CT molecular complexity index is 526.